The minimum atomic E-state index is -1.31. The minimum absolute atomic E-state index is 0.0854. The summed E-state index contributed by atoms with van der Waals surface area (Å²) in [7, 11) is 0. The lowest BCUT2D eigenvalue weighted by molar-refractivity contribution is 0.0695. The number of carbonyl (C=O) groups is 1. The van der Waals surface area contributed by atoms with E-state index in [0.29, 0.717) is 24.3 Å². The van der Waals surface area contributed by atoms with E-state index in [4.69, 9.17) is 5.11 Å². The molecule has 0 radical (unpaired) electrons. The summed E-state index contributed by atoms with van der Waals surface area (Å²) >= 11 is 0. The average molecular weight is 305 g/mol. The molecule has 2 aromatic rings. The third-order valence-electron chi connectivity index (χ3n) is 3.87. The second-order valence-electron chi connectivity index (χ2n) is 5.20. The van der Waals surface area contributed by atoms with Gasteiger partial charge in [-0.15, -0.1) is 0 Å². The van der Waals surface area contributed by atoms with Gasteiger partial charge in [0, 0.05) is 31.2 Å². The van der Waals surface area contributed by atoms with Crippen molar-refractivity contribution in [2.45, 2.75) is 19.9 Å². The quantitative estimate of drug-likeness (QED) is 0.900. The van der Waals surface area contributed by atoms with Gasteiger partial charge in [-0.1, -0.05) is 0 Å². The van der Waals surface area contributed by atoms with Crippen molar-refractivity contribution >= 4 is 22.6 Å². The van der Waals surface area contributed by atoms with E-state index in [9.17, 15) is 14.0 Å². The largest absolute Gasteiger partial charge is 0.477 e. The summed E-state index contributed by atoms with van der Waals surface area (Å²) in [6.45, 7) is 3.78. The average Bonchev–Trinajstić information content (AvgIpc) is 3.01. The Kier molecular flexibility index (Phi) is 3.58. The van der Waals surface area contributed by atoms with Crippen molar-refractivity contribution in [2.24, 2.45) is 0 Å². The van der Waals surface area contributed by atoms with E-state index in [1.807, 2.05) is 6.92 Å². The van der Waals surface area contributed by atoms with E-state index < -0.39 is 17.2 Å². The second kappa shape index (κ2) is 5.42. The molecule has 0 amide bonds. The number of carboxylic acid groups (broad SMARTS) is 1. The van der Waals surface area contributed by atoms with E-state index in [1.54, 1.807) is 15.6 Å². The van der Waals surface area contributed by atoms with Gasteiger partial charge in [0.25, 0.3) is 0 Å². The molecule has 0 saturated carbocycles. The number of aromatic carboxylic acids is 1. The van der Waals surface area contributed by atoms with Crippen molar-refractivity contribution in [2.75, 3.05) is 18.1 Å². The predicted molar refractivity (Wildman–Crippen MR) is 80.8 cm³/mol. The van der Waals surface area contributed by atoms with Gasteiger partial charge in [-0.3, -0.25) is 4.79 Å². The van der Waals surface area contributed by atoms with Gasteiger partial charge >= 0.3 is 5.97 Å². The minimum Gasteiger partial charge on any atom is -0.477 e. The highest BCUT2D eigenvalue weighted by atomic mass is 19.1. The number of hydrogen-bond donors (Lipinski definition) is 2. The first kappa shape index (κ1) is 14.5. The molecule has 0 atom stereocenters. The molecule has 1 saturated heterocycles. The lowest BCUT2D eigenvalue weighted by atomic mass is 10.1. The molecular formula is C15H16FN3O3. The van der Waals surface area contributed by atoms with E-state index in [0.717, 1.165) is 19.0 Å². The van der Waals surface area contributed by atoms with Crippen LogP contribution in [0.15, 0.2) is 23.1 Å². The van der Waals surface area contributed by atoms with Crippen molar-refractivity contribution in [3.05, 3.63) is 39.9 Å². The summed E-state index contributed by atoms with van der Waals surface area (Å²) in [6, 6.07) is 2.73. The number of carboxylic acids is 1. The Balaban J connectivity index is 2.30. The molecule has 116 valence electrons. The van der Waals surface area contributed by atoms with Gasteiger partial charge in [0.05, 0.1) is 11.2 Å². The molecule has 1 aromatic heterocycles. The molecule has 0 bridgehead atoms. The third-order valence-corrected chi connectivity index (χ3v) is 3.87. The summed E-state index contributed by atoms with van der Waals surface area (Å²) in [5, 5.41) is 10.9. The van der Waals surface area contributed by atoms with Crippen molar-refractivity contribution in [3.8, 4) is 0 Å². The normalized spacial score (nSPS) is 14.7. The molecule has 3 rings (SSSR count). The molecule has 22 heavy (non-hydrogen) atoms. The zero-order chi connectivity index (χ0) is 15.9. The van der Waals surface area contributed by atoms with Crippen molar-refractivity contribution in [1.82, 2.24) is 9.99 Å². The molecule has 1 aliphatic rings. The summed E-state index contributed by atoms with van der Waals surface area (Å²) in [6.07, 6.45) is 2.22. The number of halogens is 1. The number of hydrogen-bond acceptors (Lipinski definition) is 4. The fourth-order valence-corrected chi connectivity index (χ4v) is 2.76. The molecule has 1 aliphatic heterocycles. The van der Waals surface area contributed by atoms with Gasteiger partial charge in [-0.2, -0.15) is 0 Å². The Labute approximate surface area is 125 Å². The molecule has 1 aromatic carbocycles. The first-order valence-electron chi connectivity index (χ1n) is 7.14. The molecule has 2 N–H and O–H groups in total. The highest BCUT2D eigenvalue weighted by Gasteiger charge is 2.20. The molecule has 0 spiro atoms. The summed E-state index contributed by atoms with van der Waals surface area (Å²) in [4.78, 5) is 23.4. The zero-order valence-corrected chi connectivity index (χ0v) is 12.1. The van der Waals surface area contributed by atoms with E-state index in [-0.39, 0.29) is 10.9 Å². The van der Waals surface area contributed by atoms with E-state index >= 15 is 0 Å². The summed E-state index contributed by atoms with van der Waals surface area (Å²) < 4.78 is 16.0. The van der Waals surface area contributed by atoms with Crippen LogP contribution in [0.2, 0.25) is 0 Å². The molecule has 0 aliphatic carbocycles. The monoisotopic (exact) mass is 305 g/mol. The first-order valence-corrected chi connectivity index (χ1v) is 7.14. The molecule has 2 heterocycles. The third kappa shape index (κ3) is 2.23. The number of pyridine rings is 1. The maximum absolute atomic E-state index is 14.3. The Hall–Kier alpha value is -2.41. The maximum Gasteiger partial charge on any atom is 0.341 e. The van der Waals surface area contributed by atoms with E-state index in [2.05, 4.69) is 5.43 Å². The Morgan fingerprint density at radius 3 is 2.82 bits per heavy atom. The molecular weight excluding hydrogens is 289 g/mol. The smallest absolute Gasteiger partial charge is 0.341 e. The van der Waals surface area contributed by atoms with Crippen molar-refractivity contribution in [3.63, 3.8) is 0 Å². The molecule has 1 fully saturated rings. The van der Waals surface area contributed by atoms with Crippen LogP contribution < -0.4 is 15.9 Å². The number of anilines is 1. The number of fused-ring (bicyclic) bond motifs is 1. The van der Waals surface area contributed by atoms with Crippen molar-refractivity contribution in [1.29, 1.82) is 0 Å². The SMILES string of the molecule is CCn1cc(C(=O)O)c(=O)c2cc(F)c(N3CCCN3)cc21. The van der Waals surface area contributed by atoms with Crippen LogP contribution in [-0.4, -0.2) is 28.7 Å². The van der Waals surface area contributed by atoms with Gasteiger partial charge in [0.15, 0.2) is 0 Å². The Morgan fingerprint density at radius 1 is 1.45 bits per heavy atom. The first-order chi connectivity index (χ1) is 10.5. The maximum atomic E-state index is 14.3. The lowest BCUT2D eigenvalue weighted by Gasteiger charge is -2.20. The summed E-state index contributed by atoms with van der Waals surface area (Å²) in [5.41, 5.74) is 2.97. The van der Waals surface area contributed by atoms with Crippen LogP contribution in [0.5, 0.6) is 0 Å². The van der Waals surface area contributed by atoms with Crippen LogP contribution in [-0.2, 0) is 6.54 Å². The van der Waals surface area contributed by atoms with E-state index in [1.165, 1.54) is 6.20 Å². The zero-order valence-electron chi connectivity index (χ0n) is 12.1. The van der Waals surface area contributed by atoms with Crippen molar-refractivity contribution < 1.29 is 14.3 Å². The predicted octanol–water partition coefficient (Wildman–Crippen LogP) is 1.57. The standard InChI is InChI=1S/C15H16FN3O3/c1-2-18-8-10(15(21)22)14(20)9-6-11(16)13(7-12(9)18)19-5-3-4-17-19/h6-8,17H,2-5H2,1H3,(H,21,22). The highest BCUT2D eigenvalue weighted by molar-refractivity contribution is 5.93. The fraction of sp³-hybridized carbons (Fsp3) is 0.333. The second-order valence-corrected chi connectivity index (χ2v) is 5.20. The van der Waals surface area contributed by atoms with Crippen LogP contribution in [0.4, 0.5) is 10.1 Å². The Morgan fingerprint density at radius 2 is 2.23 bits per heavy atom. The molecule has 6 nitrogen and oxygen atoms in total. The van der Waals surface area contributed by atoms with Gasteiger partial charge in [0.1, 0.15) is 11.4 Å². The number of hydrazine groups is 1. The number of benzene rings is 1. The van der Waals surface area contributed by atoms with Crippen LogP contribution >= 0.6 is 0 Å². The number of nitrogens with one attached hydrogen (secondary N) is 1. The van der Waals surface area contributed by atoms with Crippen LogP contribution in [0.1, 0.15) is 23.7 Å². The van der Waals surface area contributed by atoms with Gasteiger partial charge in [0.2, 0.25) is 5.43 Å². The van der Waals surface area contributed by atoms with Crippen LogP contribution in [0.3, 0.4) is 0 Å². The van der Waals surface area contributed by atoms with Gasteiger partial charge in [-0.05, 0) is 25.5 Å². The Bertz CT molecular complexity index is 810. The van der Waals surface area contributed by atoms with Gasteiger partial charge < -0.3 is 14.7 Å². The van der Waals surface area contributed by atoms with Crippen LogP contribution in [0.25, 0.3) is 10.9 Å². The highest BCUT2D eigenvalue weighted by Crippen LogP contribution is 2.25. The molecule has 7 heteroatoms. The topological polar surface area (TPSA) is 74.6 Å². The molecule has 0 unspecified atom stereocenters. The van der Waals surface area contributed by atoms with Crippen LogP contribution in [0, 0.1) is 5.82 Å². The number of aromatic nitrogens is 1. The van der Waals surface area contributed by atoms with Gasteiger partial charge in [-0.25, -0.2) is 14.6 Å². The summed E-state index contributed by atoms with van der Waals surface area (Å²) in [5.74, 6) is -1.84. The number of aryl methyl sites for hydroxylation is 1. The lowest BCUT2D eigenvalue weighted by Crippen LogP contribution is -2.31. The number of nitrogens with zero attached hydrogens (tertiary/aromatic N) is 2. The number of rotatable bonds is 3. The fourth-order valence-electron chi connectivity index (χ4n) is 2.76.